The monoisotopic (exact) mass is 407 g/mol. The van der Waals surface area contributed by atoms with Crippen LogP contribution in [0.1, 0.15) is 5.56 Å². The fourth-order valence-corrected chi connectivity index (χ4v) is 2.99. The van der Waals surface area contributed by atoms with E-state index in [0.717, 1.165) is 11.3 Å². The average Bonchev–Trinajstić information content (AvgIpc) is 3.20. The molecular formula is C21H18FN5O3. The summed E-state index contributed by atoms with van der Waals surface area (Å²) in [6.45, 7) is 0.162. The van der Waals surface area contributed by atoms with Crippen LogP contribution in [0.15, 0.2) is 65.8 Å². The molecule has 1 N–H and O–H groups in total. The van der Waals surface area contributed by atoms with Crippen molar-refractivity contribution in [2.24, 2.45) is 0 Å². The van der Waals surface area contributed by atoms with Gasteiger partial charge in [0.25, 0.3) is 5.56 Å². The first-order valence-corrected chi connectivity index (χ1v) is 9.14. The largest absolute Gasteiger partial charge is 0.497 e. The van der Waals surface area contributed by atoms with Gasteiger partial charge in [-0.2, -0.15) is 5.10 Å². The summed E-state index contributed by atoms with van der Waals surface area (Å²) in [5.74, 6) is 0.0448. The predicted octanol–water partition coefficient (Wildman–Crippen LogP) is 2.05. The van der Waals surface area contributed by atoms with Crippen molar-refractivity contribution in [2.45, 2.75) is 13.1 Å². The van der Waals surface area contributed by atoms with Crippen molar-refractivity contribution < 1.29 is 13.9 Å². The third-order valence-electron chi connectivity index (χ3n) is 4.59. The SMILES string of the molecule is COc1ccc(CNC(=O)Cn2cnc3c(cnn3-c3ccc(F)cc3)c2=O)cc1. The van der Waals surface area contributed by atoms with Gasteiger partial charge >= 0.3 is 0 Å². The first-order valence-electron chi connectivity index (χ1n) is 9.14. The standard InChI is InChI=1S/C21H18FN5O3/c1-30-17-8-2-14(3-9-17)10-23-19(28)12-26-13-24-20-18(21(26)29)11-25-27(20)16-6-4-15(22)5-7-16/h2-9,11,13H,10,12H2,1H3,(H,23,28). The van der Waals surface area contributed by atoms with Crippen LogP contribution in [0.2, 0.25) is 0 Å². The van der Waals surface area contributed by atoms with Crippen LogP contribution in [-0.2, 0) is 17.9 Å². The molecule has 0 aliphatic carbocycles. The zero-order chi connectivity index (χ0) is 21.1. The van der Waals surface area contributed by atoms with Gasteiger partial charge in [0.05, 0.1) is 19.0 Å². The van der Waals surface area contributed by atoms with Gasteiger partial charge in [0.1, 0.15) is 29.8 Å². The number of benzene rings is 2. The summed E-state index contributed by atoms with van der Waals surface area (Å²) in [5.41, 5.74) is 1.44. The van der Waals surface area contributed by atoms with E-state index in [-0.39, 0.29) is 29.2 Å². The van der Waals surface area contributed by atoms with Gasteiger partial charge in [-0.15, -0.1) is 0 Å². The molecule has 30 heavy (non-hydrogen) atoms. The predicted molar refractivity (Wildman–Crippen MR) is 108 cm³/mol. The third-order valence-corrected chi connectivity index (χ3v) is 4.59. The number of methoxy groups -OCH3 is 1. The first kappa shape index (κ1) is 19.3. The maximum atomic E-state index is 13.1. The maximum Gasteiger partial charge on any atom is 0.264 e. The number of amides is 1. The lowest BCUT2D eigenvalue weighted by Gasteiger charge is -2.08. The molecule has 9 heteroatoms. The first-order chi connectivity index (χ1) is 14.5. The van der Waals surface area contributed by atoms with E-state index in [1.807, 2.05) is 24.3 Å². The number of hydrogen-bond acceptors (Lipinski definition) is 5. The number of hydrogen-bond donors (Lipinski definition) is 1. The Labute approximate surface area is 170 Å². The van der Waals surface area contributed by atoms with E-state index < -0.39 is 0 Å². The van der Waals surface area contributed by atoms with Crippen molar-refractivity contribution >= 4 is 16.9 Å². The molecule has 152 valence electrons. The van der Waals surface area contributed by atoms with E-state index >= 15 is 0 Å². The molecule has 2 heterocycles. The van der Waals surface area contributed by atoms with Crippen molar-refractivity contribution in [1.29, 1.82) is 0 Å². The Kier molecular flexibility index (Phi) is 5.25. The van der Waals surface area contributed by atoms with Gasteiger partial charge in [-0.1, -0.05) is 12.1 Å². The van der Waals surface area contributed by atoms with E-state index in [4.69, 9.17) is 4.74 Å². The molecule has 4 rings (SSSR count). The molecule has 8 nitrogen and oxygen atoms in total. The average molecular weight is 407 g/mol. The zero-order valence-electron chi connectivity index (χ0n) is 16.1. The van der Waals surface area contributed by atoms with Crippen molar-refractivity contribution in [1.82, 2.24) is 24.6 Å². The van der Waals surface area contributed by atoms with E-state index in [0.29, 0.717) is 17.9 Å². The van der Waals surface area contributed by atoms with Gasteiger partial charge < -0.3 is 10.1 Å². The van der Waals surface area contributed by atoms with E-state index in [1.165, 1.54) is 33.9 Å². The van der Waals surface area contributed by atoms with Crippen molar-refractivity contribution in [3.8, 4) is 11.4 Å². The minimum absolute atomic E-state index is 0.167. The minimum atomic E-state index is -0.382. The van der Waals surface area contributed by atoms with Crippen LogP contribution < -0.4 is 15.6 Å². The summed E-state index contributed by atoms with van der Waals surface area (Å²) in [4.78, 5) is 29.3. The van der Waals surface area contributed by atoms with Crippen LogP contribution in [0, 0.1) is 5.82 Å². The molecule has 4 aromatic rings. The van der Waals surface area contributed by atoms with Gasteiger partial charge in [0.2, 0.25) is 5.91 Å². The molecule has 0 spiro atoms. The Bertz CT molecular complexity index is 1250. The second kappa shape index (κ2) is 8.16. The summed E-state index contributed by atoms with van der Waals surface area (Å²) >= 11 is 0. The highest BCUT2D eigenvalue weighted by molar-refractivity contribution is 5.77. The van der Waals surface area contributed by atoms with Gasteiger partial charge in [0.15, 0.2) is 5.65 Å². The molecule has 0 fully saturated rings. The molecule has 1 amide bonds. The molecule has 2 aromatic carbocycles. The molecule has 0 unspecified atom stereocenters. The Hall–Kier alpha value is -4.01. The van der Waals surface area contributed by atoms with Crippen LogP contribution >= 0.6 is 0 Å². The highest BCUT2D eigenvalue weighted by Gasteiger charge is 2.13. The number of halogens is 1. The Balaban J connectivity index is 1.49. The fourth-order valence-electron chi connectivity index (χ4n) is 2.99. The molecule has 0 bridgehead atoms. The topological polar surface area (TPSA) is 91.0 Å². The van der Waals surface area contributed by atoms with Gasteiger partial charge in [-0.3, -0.25) is 14.2 Å². The highest BCUT2D eigenvalue weighted by atomic mass is 19.1. The Morgan fingerprint density at radius 2 is 1.87 bits per heavy atom. The lowest BCUT2D eigenvalue weighted by atomic mass is 10.2. The molecule has 2 aromatic heterocycles. The number of carbonyl (C=O) groups excluding carboxylic acids is 1. The fraction of sp³-hybridized carbons (Fsp3) is 0.143. The molecule has 0 aliphatic heterocycles. The smallest absolute Gasteiger partial charge is 0.264 e. The number of rotatable bonds is 6. The van der Waals surface area contributed by atoms with Crippen molar-refractivity contribution in [3.05, 3.63) is 82.8 Å². The van der Waals surface area contributed by atoms with Crippen LogP contribution in [-0.4, -0.2) is 32.3 Å². The summed E-state index contributed by atoms with van der Waals surface area (Å²) in [6.07, 6.45) is 2.69. The second-order valence-corrected chi connectivity index (χ2v) is 6.57. The number of carbonyl (C=O) groups is 1. The molecular weight excluding hydrogens is 389 g/mol. The number of aromatic nitrogens is 4. The third kappa shape index (κ3) is 3.90. The highest BCUT2D eigenvalue weighted by Crippen LogP contribution is 2.14. The number of ether oxygens (including phenoxy) is 1. The Morgan fingerprint density at radius 3 is 2.57 bits per heavy atom. The zero-order valence-corrected chi connectivity index (χ0v) is 16.1. The van der Waals surface area contributed by atoms with Gasteiger partial charge in [-0.25, -0.2) is 14.1 Å². The van der Waals surface area contributed by atoms with E-state index in [1.54, 1.807) is 19.2 Å². The molecule has 0 atom stereocenters. The maximum absolute atomic E-state index is 13.1. The molecule has 0 saturated carbocycles. The lowest BCUT2D eigenvalue weighted by molar-refractivity contribution is -0.121. The summed E-state index contributed by atoms with van der Waals surface area (Å²) in [6, 6.07) is 13.0. The molecule has 0 radical (unpaired) electrons. The van der Waals surface area contributed by atoms with Crippen LogP contribution in [0.25, 0.3) is 16.7 Å². The van der Waals surface area contributed by atoms with Crippen LogP contribution in [0.4, 0.5) is 4.39 Å². The summed E-state index contributed by atoms with van der Waals surface area (Å²) < 4.78 is 20.9. The number of nitrogens with zero attached hydrogens (tertiary/aromatic N) is 4. The van der Waals surface area contributed by atoms with Crippen LogP contribution in [0.5, 0.6) is 5.75 Å². The van der Waals surface area contributed by atoms with Crippen LogP contribution in [0.3, 0.4) is 0 Å². The lowest BCUT2D eigenvalue weighted by Crippen LogP contribution is -2.32. The van der Waals surface area contributed by atoms with Crippen molar-refractivity contribution in [3.63, 3.8) is 0 Å². The van der Waals surface area contributed by atoms with Crippen molar-refractivity contribution in [2.75, 3.05) is 7.11 Å². The normalized spacial score (nSPS) is 10.9. The number of nitrogens with one attached hydrogen (secondary N) is 1. The second-order valence-electron chi connectivity index (χ2n) is 6.57. The quantitative estimate of drug-likeness (QED) is 0.528. The summed E-state index contributed by atoms with van der Waals surface area (Å²) in [7, 11) is 1.59. The molecule has 0 aliphatic rings. The van der Waals surface area contributed by atoms with Gasteiger partial charge in [-0.05, 0) is 42.0 Å². The Morgan fingerprint density at radius 1 is 1.13 bits per heavy atom. The summed E-state index contributed by atoms with van der Waals surface area (Å²) in [5, 5.41) is 7.22. The van der Waals surface area contributed by atoms with E-state index in [9.17, 15) is 14.0 Å². The van der Waals surface area contributed by atoms with Gasteiger partial charge in [0, 0.05) is 6.54 Å². The minimum Gasteiger partial charge on any atom is -0.497 e. The van der Waals surface area contributed by atoms with E-state index in [2.05, 4.69) is 15.4 Å². The number of fused-ring (bicyclic) bond motifs is 1. The molecule has 0 saturated heterocycles.